The number of hydrogen-bond donors (Lipinski definition) is 0. The SMILES string of the molecule is COc1ccc(C(=O)OOOC(=O)OC2CCCC(C)C2)cc1. The van der Waals surface area contributed by atoms with Crippen molar-refractivity contribution in [2.75, 3.05) is 7.11 Å². The number of hydrogen-bond acceptors (Lipinski definition) is 7. The Morgan fingerprint density at radius 3 is 2.48 bits per heavy atom. The topological polar surface area (TPSA) is 80.3 Å². The molecule has 1 aromatic carbocycles. The highest BCUT2D eigenvalue weighted by atomic mass is 17.5. The summed E-state index contributed by atoms with van der Waals surface area (Å²) in [6, 6.07) is 6.17. The van der Waals surface area contributed by atoms with Crippen LogP contribution in [0.5, 0.6) is 5.75 Å². The molecule has 0 N–H and O–H groups in total. The molecule has 2 unspecified atom stereocenters. The van der Waals surface area contributed by atoms with Gasteiger partial charge in [0.25, 0.3) is 0 Å². The minimum Gasteiger partial charge on any atom is -0.497 e. The van der Waals surface area contributed by atoms with Crippen molar-refractivity contribution in [2.45, 2.75) is 38.7 Å². The van der Waals surface area contributed by atoms with Gasteiger partial charge in [0.1, 0.15) is 11.9 Å². The molecule has 126 valence electrons. The molecule has 7 heteroatoms. The summed E-state index contributed by atoms with van der Waals surface area (Å²) >= 11 is 0. The van der Waals surface area contributed by atoms with E-state index >= 15 is 0 Å². The Morgan fingerprint density at radius 2 is 1.83 bits per heavy atom. The van der Waals surface area contributed by atoms with E-state index in [-0.39, 0.29) is 11.7 Å². The molecule has 0 saturated heterocycles. The third-order valence-corrected chi connectivity index (χ3v) is 3.69. The number of rotatable bonds is 5. The van der Waals surface area contributed by atoms with E-state index < -0.39 is 12.1 Å². The van der Waals surface area contributed by atoms with Crippen LogP contribution in [0.3, 0.4) is 0 Å². The zero-order valence-corrected chi connectivity index (χ0v) is 13.2. The Bertz CT molecular complexity index is 526. The molecular weight excluding hydrogens is 304 g/mol. The van der Waals surface area contributed by atoms with Gasteiger partial charge in [-0.15, -0.1) is 0 Å². The molecule has 0 aromatic heterocycles. The van der Waals surface area contributed by atoms with Gasteiger partial charge >= 0.3 is 12.1 Å². The molecule has 1 aromatic rings. The largest absolute Gasteiger partial charge is 0.543 e. The Morgan fingerprint density at radius 1 is 1.09 bits per heavy atom. The summed E-state index contributed by atoms with van der Waals surface area (Å²) in [5.74, 6) is 0.311. The monoisotopic (exact) mass is 324 g/mol. The van der Waals surface area contributed by atoms with Gasteiger partial charge in [-0.2, -0.15) is 0 Å². The lowest BCUT2D eigenvalue weighted by Crippen LogP contribution is -2.25. The van der Waals surface area contributed by atoms with Crippen LogP contribution in [-0.4, -0.2) is 25.3 Å². The summed E-state index contributed by atoms with van der Waals surface area (Å²) in [4.78, 5) is 31.7. The summed E-state index contributed by atoms with van der Waals surface area (Å²) in [7, 11) is 1.52. The second-order valence-corrected chi connectivity index (χ2v) is 5.51. The standard InChI is InChI=1S/C16H20O7/c1-11-4-3-5-14(10-11)20-16(18)22-23-21-15(17)12-6-8-13(19-2)9-7-12/h6-9,11,14H,3-5,10H2,1-2H3. The Hall–Kier alpha value is -2.28. The van der Waals surface area contributed by atoms with Crippen molar-refractivity contribution in [1.29, 1.82) is 0 Å². The van der Waals surface area contributed by atoms with E-state index in [0.717, 1.165) is 25.7 Å². The Labute approximate surface area is 134 Å². The van der Waals surface area contributed by atoms with Crippen molar-refractivity contribution < 1.29 is 33.9 Å². The van der Waals surface area contributed by atoms with Crippen LogP contribution in [0.1, 0.15) is 43.0 Å². The zero-order valence-electron chi connectivity index (χ0n) is 13.2. The van der Waals surface area contributed by atoms with Gasteiger partial charge in [-0.25, -0.2) is 14.5 Å². The third kappa shape index (κ3) is 5.45. The molecule has 0 aliphatic heterocycles. The van der Waals surface area contributed by atoms with Gasteiger partial charge < -0.3 is 9.47 Å². The smallest absolute Gasteiger partial charge is 0.497 e. The van der Waals surface area contributed by atoms with Crippen molar-refractivity contribution in [2.24, 2.45) is 5.92 Å². The van der Waals surface area contributed by atoms with Crippen LogP contribution in [0.25, 0.3) is 0 Å². The maximum atomic E-state index is 11.6. The predicted molar refractivity (Wildman–Crippen MR) is 78.5 cm³/mol. The molecule has 23 heavy (non-hydrogen) atoms. The summed E-state index contributed by atoms with van der Waals surface area (Å²) in [6.07, 6.45) is 2.52. The highest BCUT2D eigenvalue weighted by molar-refractivity contribution is 5.89. The fourth-order valence-electron chi connectivity index (χ4n) is 2.49. The van der Waals surface area contributed by atoms with E-state index in [1.54, 1.807) is 12.1 Å². The van der Waals surface area contributed by atoms with Gasteiger partial charge in [0.05, 0.1) is 17.7 Å². The first kappa shape index (κ1) is 17.1. The highest BCUT2D eigenvalue weighted by Crippen LogP contribution is 2.25. The molecule has 0 amide bonds. The van der Waals surface area contributed by atoms with Crippen molar-refractivity contribution in [1.82, 2.24) is 0 Å². The van der Waals surface area contributed by atoms with E-state index in [1.807, 2.05) is 0 Å². The molecule has 1 saturated carbocycles. The normalized spacial score (nSPS) is 20.4. The van der Waals surface area contributed by atoms with Gasteiger partial charge in [0.2, 0.25) is 0 Å². The first-order chi connectivity index (χ1) is 11.1. The Kier molecular flexibility index (Phi) is 6.22. The molecule has 1 aliphatic carbocycles. The molecule has 0 heterocycles. The third-order valence-electron chi connectivity index (χ3n) is 3.69. The van der Waals surface area contributed by atoms with Gasteiger partial charge in [0.15, 0.2) is 0 Å². The van der Waals surface area contributed by atoms with Crippen LogP contribution >= 0.6 is 0 Å². The summed E-state index contributed by atoms with van der Waals surface area (Å²) in [5.41, 5.74) is 0.226. The quantitative estimate of drug-likeness (QED) is 0.466. The second-order valence-electron chi connectivity index (χ2n) is 5.51. The lowest BCUT2D eigenvalue weighted by Gasteiger charge is -2.25. The first-order valence-electron chi connectivity index (χ1n) is 7.48. The fourth-order valence-corrected chi connectivity index (χ4v) is 2.49. The molecule has 2 atom stereocenters. The average Bonchev–Trinajstić information content (AvgIpc) is 2.55. The summed E-state index contributed by atoms with van der Waals surface area (Å²) in [5, 5.41) is 4.18. The average molecular weight is 324 g/mol. The molecular formula is C16H20O7. The molecule has 1 aliphatic rings. The number of methoxy groups -OCH3 is 1. The van der Waals surface area contributed by atoms with E-state index in [0.29, 0.717) is 11.7 Å². The maximum absolute atomic E-state index is 11.6. The van der Waals surface area contributed by atoms with Crippen molar-refractivity contribution in [3.8, 4) is 5.75 Å². The fraction of sp³-hybridized carbons (Fsp3) is 0.500. The zero-order chi connectivity index (χ0) is 16.7. The number of ether oxygens (including phenoxy) is 2. The molecule has 0 spiro atoms. The van der Waals surface area contributed by atoms with E-state index in [9.17, 15) is 9.59 Å². The second kappa shape index (κ2) is 8.38. The summed E-state index contributed by atoms with van der Waals surface area (Å²) < 4.78 is 10.1. The van der Waals surface area contributed by atoms with Crippen LogP contribution in [0, 0.1) is 5.92 Å². The number of carbonyl (C=O) groups is 2. The lowest BCUT2D eigenvalue weighted by atomic mass is 9.89. The lowest BCUT2D eigenvalue weighted by molar-refractivity contribution is -0.453. The Balaban J connectivity index is 1.69. The molecule has 1 fully saturated rings. The van der Waals surface area contributed by atoms with Gasteiger partial charge in [-0.1, -0.05) is 13.3 Å². The van der Waals surface area contributed by atoms with Crippen LogP contribution in [0.2, 0.25) is 0 Å². The van der Waals surface area contributed by atoms with Crippen LogP contribution in [0.15, 0.2) is 24.3 Å². The van der Waals surface area contributed by atoms with Crippen molar-refractivity contribution in [3.05, 3.63) is 29.8 Å². The van der Waals surface area contributed by atoms with E-state index in [2.05, 4.69) is 21.7 Å². The van der Waals surface area contributed by atoms with Crippen LogP contribution < -0.4 is 4.74 Å². The highest BCUT2D eigenvalue weighted by Gasteiger charge is 2.23. The van der Waals surface area contributed by atoms with Crippen molar-refractivity contribution in [3.63, 3.8) is 0 Å². The van der Waals surface area contributed by atoms with Crippen molar-refractivity contribution >= 4 is 12.1 Å². The number of benzene rings is 1. The minimum atomic E-state index is -1.02. The van der Waals surface area contributed by atoms with E-state index in [1.165, 1.54) is 19.2 Å². The molecule has 0 radical (unpaired) electrons. The summed E-state index contributed by atoms with van der Waals surface area (Å²) in [6.45, 7) is 2.11. The van der Waals surface area contributed by atoms with E-state index in [4.69, 9.17) is 9.47 Å². The maximum Gasteiger partial charge on any atom is 0.543 e. The molecule has 2 rings (SSSR count). The number of carbonyl (C=O) groups excluding carboxylic acids is 2. The van der Waals surface area contributed by atoms with Gasteiger partial charge in [-0.3, -0.25) is 4.89 Å². The molecule has 7 nitrogen and oxygen atoms in total. The van der Waals surface area contributed by atoms with Crippen LogP contribution in [-0.2, 0) is 19.6 Å². The van der Waals surface area contributed by atoms with Crippen LogP contribution in [0.4, 0.5) is 4.79 Å². The minimum absolute atomic E-state index is 0.188. The molecule has 0 bridgehead atoms. The van der Waals surface area contributed by atoms with Gasteiger partial charge in [0, 0.05) is 0 Å². The first-order valence-corrected chi connectivity index (χ1v) is 7.48. The van der Waals surface area contributed by atoms with Gasteiger partial charge in [-0.05, 0) is 49.4 Å². The predicted octanol–water partition coefficient (Wildman–Crippen LogP) is 3.43.